The summed E-state index contributed by atoms with van der Waals surface area (Å²) >= 11 is 0. The Morgan fingerprint density at radius 3 is 2.11 bits per heavy atom. The number of hydrogen-bond acceptors (Lipinski definition) is 4. The van der Waals surface area contributed by atoms with E-state index in [1.165, 1.54) is 19.4 Å². The Morgan fingerprint density at radius 1 is 1.11 bits per heavy atom. The minimum Gasteiger partial charge on any atom is -0.459 e. The van der Waals surface area contributed by atoms with Gasteiger partial charge in [-0.3, -0.25) is 4.79 Å². The van der Waals surface area contributed by atoms with E-state index in [1.807, 2.05) is 0 Å². The van der Waals surface area contributed by atoms with Gasteiger partial charge in [-0.2, -0.15) is 0 Å². The fourth-order valence-electron chi connectivity index (χ4n) is 4.89. The number of carbonyl (C=O) groups excluding carboxylic acids is 2. The lowest BCUT2D eigenvalue weighted by molar-refractivity contribution is -0.228. The molecule has 2 unspecified atom stereocenters. The minimum atomic E-state index is -0.426. The fourth-order valence-corrected chi connectivity index (χ4v) is 4.89. The van der Waals surface area contributed by atoms with Crippen LogP contribution in [0.5, 0.6) is 0 Å². The van der Waals surface area contributed by atoms with Crippen molar-refractivity contribution in [3.63, 3.8) is 0 Å². The lowest BCUT2D eigenvalue weighted by Crippen LogP contribution is -2.61. The van der Waals surface area contributed by atoms with E-state index in [9.17, 15) is 9.59 Å². The molecule has 2 atom stereocenters. The molecule has 104 valence electrons. The predicted molar refractivity (Wildman–Crippen MR) is 68.2 cm³/mol. The zero-order chi connectivity index (χ0) is 13.7. The molecule has 0 saturated heterocycles. The normalized spacial score (nSPS) is 42.8. The van der Waals surface area contributed by atoms with Crippen LogP contribution >= 0.6 is 0 Å². The highest BCUT2D eigenvalue weighted by atomic mass is 16.6. The summed E-state index contributed by atoms with van der Waals surface area (Å²) in [6.07, 6.45) is 6.73. The van der Waals surface area contributed by atoms with Crippen molar-refractivity contribution in [3.8, 4) is 0 Å². The topological polar surface area (TPSA) is 52.6 Å². The first kappa shape index (κ1) is 12.7. The molecule has 0 aromatic rings. The molecule has 0 N–H and O–H groups in total. The largest absolute Gasteiger partial charge is 0.459 e. The van der Waals surface area contributed by atoms with Crippen molar-refractivity contribution < 1.29 is 19.1 Å². The van der Waals surface area contributed by atoms with Gasteiger partial charge >= 0.3 is 11.9 Å². The molecule has 0 amide bonds. The van der Waals surface area contributed by atoms with Gasteiger partial charge in [0.25, 0.3) is 0 Å². The average molecular weight is 264 g/mol. The summed E-state index contributed by atoms with van der Waals surface area (Å²) in [5.41, 5.74) is -0.817. The van der Waals surface area contributed by atoms with Crippen molar-refractivity contribution in [2.45, 2.75) is 56.7 Å². The Labute approximate surface area is 113 Å². The third kappa shape index (κ3) is 2.17. The molecule has 4 nitrogen and oxygen atoms in total. The van der Waals surface area contributed by atoms with Crippen LogP contribution in [0.4, 0.5) is 0 Å². The van der Waals surface area contributed by atoms with Gasteiger partial charge in [-0.15, -0.1) is 0 Å². The molecule has 0 aromatic carbocycles. The van der Waals surface area contributed by atoms with Crippen LogP contribution in [-0.4, -0.2) is 23.1 Å². The first-order chi connectivity index (χ1) is 8.94. The SMILES string of the molecule is C=CC(=O)OC12CC3CC(CC(OC(C)=O)(C3)C1)C2. The van der Waals surface area contributed by atoms with Gasteiger partial charge in [-0.05, 0) is 43.9 Å². The first-order valence-electron chi connectivity index (χ1n) is 6.99. The second kappa shape index (κ2) is 4.09. The summed E-state index contributed by atoms with van der Waals surface area (Å²) in [4.78, 5) is 22.9. The smallest absolute Gasteiger partial charge is 0.330 e. The van der Waals surface area contributed by atoms with Crippen molar-refractivity contribution in [2.75, 3.05) is 0 Å². The predicted octanol–water partition coefficient (Wildman–Crippen LogP) is 2.37. The number of ether oxygens (including phenoxy) is 2. The van der Waals surface area contributed by atoms with Gasteiger partial charge in [0, 0.05) is 19.4 Å². The summed E-state index contributed by atoms with van der Waals surface area (Å²) in [5, 5.41) is 0. The second-order valence-electron chi connectivity index (χ2n) is 6.55. The van der Waals surface area contributed by atoms with E-state index in [-0.39, 0.29) is 11.9 Å². The Hall–Kier alpha value is -1.32. The Morgan fingerprint density at radius 2 is 1.63 bits per heavy atom. The highest BCUT2D eigenvalue weighted by molar-refractivity contribution is 5.81. The molecule has 4 aliphatic rings. The molecule has 4 saturated carbocycles. The van der Waals surface area contributed by atoms with Crippen LogP contribution in [0.25, 0.3) is 0 Å². The van der Waals surface area contributed by atoms with Gasteiger partial charge in [0.1, 0.15) is 11.2 Å². The molecule has 0 aliphatic heterocycles. The molecule has 0 spiro atoms. The summed E-state index contributed by atoms with van der Waals surface area (Å²) in [6, 6.07) is 0. The van der Waals surface area contributed by atoms with E-state index in [4.69, 9.17) is 9.47 Å². The summed E-state index contributed by atoms with van der Waals surface area (Å²) in [5.74, 6) is 0.434. The zero-order valence-corrected chi connectivity index (χ0v) is 11.3. The monoisotopic (exact) mass is 264 g/mol. The highest BCUT2D eigenvalue weighted by Crippen LogP contribution is 2.60. The standard InChI is InChI=1S/C15H20O4/c1-3-13(17)19-15-7-11-4-12(8-15)6-14(5-11,9-15)18-10(2)16/h3,11-12H,1,4-9H2,2H3. The van der Waals surface area contributed by atoms with E-state index >= 15 is 0 Å². The molecule has 0 aromatic heterocycles. The van der Waals surface area contributed by atoms with Gasteiger partial charge in [0.2, 0.25) is 0 Å². The van der Waals surface area contributed by atoms with Crippen LogP contribution in [-0.2, 0) is 19.1 Å². The zero-order valence-electron chi connectivity index (χ0n) is 11.3. The van der Waals surface area contributed by atoms with E-state index in [0.29, 0.717) is 18.3 Å². The number of esters is 2. The van der Waals surface area contributed by atoms with Crippen molar-refractivity contribution in [3.05, 3.63) is 12.7 Å². The first-order valence-corrected chi connectivity index (χ1v) is 6.99. The molecule has 4 fully saturated rings. The van der Waals surface area contributed by atoms with Crippen LogP contribution in [0.1, 0.15) is 45.4 Å². The minimum absolute atomic E-state index is 0.229. The Kier molecular flexibility index (Phi) is 2.73. The quantitative estimate of drug-likeness (QED) is 0.580. The number of hydrogen-bond donors (Lipinski definition) is 0. The van der Waals surface area contributed by atoms with Crippen molar-refractivity contribution in [2.24, 2.45) is 11.8 Å². The second-order valence-corrected chi connectivity index (χ2v) is 6.55. The summed E-state index contributed by atoms with van der Waals surface area (Å²) in [6.45, 7) is 4.92. The van der Waals surface area contributed by atoms with Crippen LogP contribution in [0.3, 0.4) is 0 Å². The summed E-state index contributed by atoms with van der Waals surface area (Å²) < 4.78 is 11.3. The molecule has 4 heteroatoms. The third-order valence-electron chi connectivity index (χ3n) is 4.80. The van der Waals surface area contributed by atoms with Crippen LogP contribution in [0.2, 0.25) is 0 Å². The molecule has 4 rings (SSSR count). The number of carbonyl (C=O) groups is 2. The van der Waals surface area contributed by atoms with Gasteiger partial charge < -0.3 is 9.47 Å². The highest BCUT2D eigenvalue weighted by Gasteiger charge is 2.61. The van der Waals surface area contributed by atoms with E-state index in [1.54, 1.807) is 0 Å². The van der Waals surface area contributed by atoms with Crippen LogP contribution in [0.15, 0.2) is 12.7 Å². The third-order valence-corrected chi connectivity index (χ3v) is 4.80. The Bertz CT molecular complexity index is 425. The maximum atomic E-state index is 11.6. The summed E-state index contributed by atoms with van der Waals surface area (Å²) in [7, 11) is 0. The van der Waals surface area contributed by atoms with Crippen molar-refractivity contribution in [1.82, 2.24) is 0 Å². The van der Waals surface area contributed by atoms with E-state index in [2.05, 4.69) is 6.58 Å². The van der Waals surface area contributed by atoms with Gasteiger partial charge in [0.05, 0.1) is 0 Å². The maximum Gasteiger partial charge on any atom is 0.330 e. The number of rotatable bonds is 3. The molecular formula is C15H20O4. The average Bonchev–Trinajstić information content (AvgIpc) is 2.24. The van der Waals surface area contributed by atoms with Crippen LogP contribution < -0.4 is 0 Å². The lowest BCUT2D eigenvalue weighted by atomic mass is 9.52. The molecule has 4 bridgehead atoms. The maximum absolute atomic E-state index is 11.6. The molecule has 4 aliphatic carbocycles. The molecule has 19 heavy (non-hydrogen) atoms. The molecular weight excluding hydrogens is 244 g/mol. The van der Waals surface area contributed by atoms with Crippen LogP contribution in [0, 0.1) is 11.8 Å². The Balaban J connectivity index is 1.86. The van der Waals surface area contributed by atoms with Gasteiger partial charge in [-0.25, -0.2) is 4.79 Å². The lowest BCUT2D eigenvalue weighted by Gasteiger charge is -2.60. The van der Waals surface area contributed by atoms with Crippen molar-refractivity contribution in [1.29, 1.82) is 0 Å². The fraction of sp³-hybridized carbons (Fsp3) is 0.733. The molecule has 0 heterocycles. The van der Waals surface area contributed by atoms with Gasteiger partial charge in [0.15, 0.2) is 0 Å². The van der Waals surface area contributed by atoms with Gasteiger partial charge in [-0.1, -0.05) is 6.58 Å². The van der Waals surface area contributed by atoms with Crippen molar-refractivity contribution >= 4 is 11.9 Å². The van der Waals surface area contributed by atoms with E-state index in [0.717, 1.165) is 25.7 Å². The molecule has 0 radical (unpaired) electrons. The van der Waals surface area contributed by atoms with E-state index < -0.39 is 11.2 Å².